The van der Waals surface area contributed by atoms with E-state index in [0.717, 1.165) is 36.3 Å². The Kier molecular flexibility index (Phi) is 2.44. The smallest absolute Gasteiger partial charge is 0.112 e. The fraction of sp³-hybridized carbons (Fsp3) is 0.900. The third-order valence-electron chi connectivity index (χ3n) is 3.39. The minimum atomic E-state index is -0.722. The molecule has 0 saturated heterocycles. The fourth-order valence-corrected chi connectivity index (χ4v) is 3.33. The summed E-state index contributed by atoms with van der Waals surface area (Å²) in [6.07, 6.45) is 7.94. The zero-order valence-corrected chi connectivity index (χ0v) is 9.57. The van der Waals surface area contributed by atoms with E-state index in [9.17, 15) is 4.39 Å². The van der Waals surface area contributed by atoms with Gasteiger partial charge in [0.2, 0.25) is 0 Å². The van der Waals surface area contributed by atoms with Crippen LogP contribution in [0.1, 0.15) is 38.5 Å². The second-order valence-corrected chi connectivity index (χ2v) is 6.26. The first-order chi connectivity index (χ1) is 6.08. The van der Waals surface area contributed by atoms with E-state index >= 15 is 0 Å². The standard InChI is InChI=1S/C10H15FS2/c1-13-8(12)3-2-4-9-5-10(11,6-9)7-9/h2-7H2,1H3. The fourth-order valence-electron chi connectivity index (χ4n) is 2.84. The van der Waals surface area contributed by atoms with E-state index < -0.39 is 5.67 Å². The van der Waals surface area contributed by atoms with Gasteiger partial charge < -0.3 is 0 Å². The average Bonchev–Trinajstić information content (AvgIpc) is 1.99. The number of halogens is 1. The van der Waals surface area contributed by atoms with Crippen molar-refractivity contribution in [3.8, 4) is 0 Å². The van der Waals surface area contributed by atoms with Crippen LogP contribution in [-0.2, 0) is 0 Å². The maximum atomic E-state index is 13.1. The molecular weight excluding hydrogens is 203 g/mol. The second kappa shape index (κ2) is 3.20. The van der Waals surface area contributed by atoms with Gasteiger partial charge in [0.15, 0.2) is 0 Å². The molecular formula is C10H15FS2. The van der Waals surface area contributed by atoms with Crippen molar-refractivity contribution in [1.29, 1.82) is 0 Å². The highest BCUT2D eigenvalue weighted by Crippen LogP contribution is 2.71. The quantitative estimate of drug-likeness (QED) is 0.659. The van der Waals surface area contributed by atoms with E-state index in [-0.39, 0.29) is 0 Å². The molecule has 74 valence electrons. The molecule has 0 heterocycles. The van der Waals surface area contributed by atoms with Gasteiger partial charge in [-0.15, -0.1) is 11.8 Å². The first-order valence-electron chi connectivity index (χ1n) is 4.83. The SMILES string of the molecule is CSC(=S)CCCC12CC(F)(C1)C2. The summed E-state index contributed by atoms with van der Waals surface area (Å²) >= 11 is 6.79. The molecule has 0 aromatic carbocycles. The van der Waals surface area contributed by atoms with Gasteiger partial charge >= 0.3 is 0 Å². The minimum Gasteiger partial charge on any atom is -0.244 e. The molecule has 0 atom stereocenters. The molecule has 3 fully saturated rings. The monoisotopic (exact) mass is 218 g/mol. The highest BCUT2D eigenvalue weighted by Gasteiger charge is 2.68. The van der Waals surface area contributed by atoms with Crippen molar-refractivity contribution >= 4 is 28.2 Å². The lowest BCUT2D eigenvalue weighted by atomic mass is 9.41. The van der Waals surface area contributed by atoms with Crippen molar-refractivity contribution in [2.24, 2.45) is 5.41 Å². The molecule has 3 aliphatic rings. The molecule has 0 N–H and O–H groups in total. The van der Waals surface area contributed by atoms with Gasteiger partial charge in [-0.3, -0.25) is 0 Å². The molecule has 0 aliphatic heterocycles. The van der Waals surface area contributed by atoms with Crippen LogP contribution in [-0.4, -0.2) is 16.1 Å². The van der Waals surface area contributed by atoms with Crippen LogP contribution in [0.25, 0.3) is 0 Å². The number of hydrogen-bond donors (Lipinski definition) is 0. The summed E-state index contributed by atoms with van der Waals surface area (Å²) < 4.78 is 14.2. The molecule has 13 heavy (non-hydrogen) atoms. The Morgan fingerprint density at radius 2 is 2.08 bits per heavy atom. The van der Waals surface area contributed by atoms with Crippen LogP contribution in [0.3, 0.4) is 0 Å². The zero-order chi connectivity index (χ0) is 9.53. The van der Waals surface area contributed by atoms with Crippen LogP contribution in [0, 0.1) is 5.41 Å². The Labute approximate surface area is 88.7 Å². The van der Waals surface area contributed by atoms with Crippen molar-refractivity contribution in [2.75, 3.05) is 6.26 Å². The van der Waals surface area contributed by atoms with Gasteiger partial charge in [-0.1, -0.05) is 12.2 Å². The molecule has 0 aromatic rings. The third kappa shape index (κ3) is 1.78. The van der Waals surface area contributed by atoms with Crippen molar-refractivity contribution in [1.82, 2.24) is 0 Å². The molecule has 3 saturated carbocycles. The van der Waals surface area contributed by atoms with Gasteiger partial charge in [-0.25, -0.2) is 4.39 Å². The summed E-state index contributed by atoms with van der Waals surface area (Å²) in [6, 6.07) is 0. The largest absolute Gasteiger partial charge is 0.244 e. The summed E-state index contributed by atoms with van der Waals surface area (Å²) in [7, 11) is 0. The van der Waals surface area contributed by atoms with Crippen LogP contribution in [0.5, 0.6) is 0 Å². The van der Waals surface area contributed by atoms with Gasteiger partial charge in [-0.2, -0.15) is 0 Å². The van der Waals surface area contributed by atoms with Gasteiger partial charge in [0.05, 0.1) is 0 Å². The van der Waals surface area contributed by atoms with E-state index in [4.69, 9.17) is 12.2 Å². The van der Waals surface area contributed by atoms with E-state index in [0.29, 0.717) is 5.41 Å². The first-order valence-corrected chi connectivity index (χ1v) is 6.47. The van der Waals surface area contributed by atoms with E-state index in [2.05, 4.69) is 0 Å². The maximum absolute atomic E-state index is 13.1. The molecule has 0 spiro atoms. The third-order valence-corrected chi connectivity index (χ3v) is 4.75. The van der Waals surface area contributed by atoms with Gasteiger partial charge in [0.25, 0.3) is 0 Å². The van der Waals surface area contributed by atoms with E-state index in [1.165, 1.54) is 6.42 Å². The normalized spacial score (nSPS) is 40.8. The highest BCUT2D eigenvalue weighted by atomic mass is 32.2. The van der Waals surface area contributed by atoms with Gasteiger partial charge in [-0.05, 0) is 50.2 Å². The van der Waals surface area contributed by atoms with Crippen LogP contribution >= 0.6 is 24.0 Å². The Morgan fingerprint density at radius 1 is 1.46 bits per heavy atom. The maximum Gasteiger partial charge on any atom is 0.112 e. The molecule has 2 bridgehead atoms. The Bertz CT molecular complexity index is 217. The first kappa shape index (κ1) is 9.91. The highest BCUT2D eigenvalue weighted by molar-refractivity contribution is 8.22. The lowest BCUT2D eigenvalue weighted by Gasteiger charge is -2.66. The lowest BCUT2D eigenvalue weighted by molar-refractivity contribution is -0.216. The molecule has 0 amide bonds. The molecule has 3 rings (SSSR count). The van der Waals surface area contributed by atoms with Crippen molar-refractivity contribution in [2.45, 2.75) is 44.2 Å². The van der Waals surface area contributed by atoms with Crippen molar-refractivity contribution < 1.29 is 4.39 Å². The summed E-state index contributed by atoms with van der Waals surface area (Å²) in [5, 5.41) is 0. The molecule has 0 radical (unpaired) electrons. The summed E-state index contributed by atoms with van der Waals surface area (Å²) in [5.74, 6) is 0. The van der Waals surface area contributed by atoms with E-state index in [1.807, 2.05) is 6.26 Å². The summed E-state index contributed by atoms with van der Waals surface area (Å²) in [4.78, 5) is 0. The van der Waals surface area contributed by atoms with Crippen LogP contribution in [0.4, 0.5) is 4.39 Å². The lowest BCUT2D eigenvalue weighted by Crippen LogP contribution is -2.64. The molecule has 3 heteroatoms. The minimum absolute atomic E-state index is 0.419. The number of alkyl halides is 1. The number of thioether (sulfide) groups is 1. The summed E-state index contributed by atoms with van der Waals surface area (Å²) in [5.41, 5.74) is -0.303. The zero-order valence-electron chi connectivity index (χ0n) is 7.94. The van der Waals surface area contributed by atoms with Crippen LogP contribution in [0.2, 0.25) is 0 Å². The van der Waals surface area contributed by atoms with Gasteiger partial charge in [0.1, 0.15) is 5.67 Å². The van der Waals surface area contributed by atoms with Gasteiger partial charge in [0, 0.05) is 4.20 Å². The number of thiocarbonyl (C=S) groups is 1. The van der Waals surface area contributed by atoms with E-state index in [1.54, 1.807) is 11.8 Å². The van der Waals surface area contributed by atoms with Crippen molar-refractivity contribution in [3.05, 3.63) is 0 Å². The van der Waals surface area contributed by atoms with Crippen LogP contribution < -0.4 is 0 Å². The average molecular weight is 218 g/mol. The van der Waals surface area contributed by atoms with Crippen molar-refractivity contribution in [3.63, 3.8) is 0 Å². The number of hydrogen-bond acceptors (Lipinski definition) is 2. The molecule has 0 unspecified atom stereocenters. The number of rotatable bonds is 4. The molecule has 0 aromatic heterocycles. The summed E-state index contributed by atoms with van der Waals surface area (Å²) in [6.45, 7) is 0. The predicted octanol–water partition coefficient (Wildman–Crippen LogP) is 3.74. The molecule has 0 nitrogen and oxygen atoms in total. The Balaban J connectivity index is 1.63. The Morgan fingerprint density at radius 3 is 2.54 bits per heavy atom. The van der Waals surface area contributed by atoms with Crippen LogP contribution in [0.15, 0.2) is 0 Å². The topological polar surface area (TPSA) is 0 Å². The predicted molar refractivity (Wildman–Crippen MR) is 60.1 cm³/mol. The second-order valence-electron chi connectivity index (χ2n) is 4.61. The Hall–Kier alpha value is 0.370. The molecule has 3 aliphatic carbocycles.